The van der Waals surface area contributed by atoms with Gasteiger partial charge in [-0.05, 0) is 62.4 Å². The molecule has 2 fully saturated rings. The number of fused-ring (bicyclic) bond motifs is 1. The highest BCUT2D eigenvalue weighted by Gasteiger charge is 2.49. The lowest BCUT2D eigenvalue weighted by Crippen LogP contribution is -2.46. The zero-order valence-corrected chi connectivity index (χ0v) is 10.7. The average molecular weight is 209 g/mol. The Morgan fingerprint density at radius 1 is 1.07 bits per heavy atom. The summed E-state index contributed by atoms with van der Waals surface area (Å²) in [5.41, 5.74) is 1.31. The normalized spacial score (nSPS) is 46.2. The van der Waals surface area contributed by atoms with Crippen LogP contribution in [0.3, 0.4) is 0 Å². The molecule has 15 heavy (non-hydrogen) atoms. The van der Waals surface area contributed by atoms with Crippen LogP contribution in [-0.2, 0) is 0 Å². The van der Waals surface area contributed by atoms with E-state index in [-0.39, 0.29) is 0 Å². The minimum Gasteiger partial charge on any atom is -0.319 e. The molecule has 0 heterocycles. The van der Waals surface area contributed by atoms with Crippen molar-refractivity contribution in [1.82, 2.24) is 5.32 Å². The van der Waals surface area contributed by atoms with Gasteiger partial charge in [-0.1, -0.05) is 26.7 Å². The highest BCUT2D eigenvalue weighted by atomic mass is 14.8. The second kappa shape index (κ2) is 4.08. The lowest BCUT2D eigenvalue weighted by Gasteiger charge is -2.55. The van der Waals surface area contributed by atoms with Crippen LogP contribution in [0.5, 0.6) is 0 Å². The summed E-state index contributed by atoms with van der Waals surface area (Å²) in [7, 11) is 2.09. The number of rotatable bonds is 2. The third kappa shape index (κ3) is 1.95. The highest BCUT2D eigenvalue weighted by Crippen LogP contribution is 2.59. The molecule has 0 aromatic carbocycles. The zero-order valence-electron chi connectivity index (χ0n) is 10.7. The van der Waals surface area contributed by atoms with Gasteiger partial charge in [0, 0.05) is 0 Å². The van der Waals surface area contributed by atoms with Crippen molar-refractivity contribution in [3.8, 4) is 0 Å². The standard InChI is InChI=1S/C14H27N/c1-13-7-4-5-8-14(13,2)10-12(6-9-13)11-15-3/h12,15H,4-11H2,1-3H3. The van der Waals surface area contributed by atoms with Crippen molar-refractivity contribution in [2.45, 2.75) is 58.8 Å². The minimum atomic E-state index is 0.644. The molecule has 1 nitrogen and oxygen atoms in total. The maximum Gasteiger partial charge on any atom is -0.00233 e. The summed E-state index contributed by atoms with van der Waals surface area (Å²) < 4.78 is 0. The molecule has 2 aliphatic rings. The van der Waals surface area contributed by atoms with E-state index in [2.05, 4.69) is 26.2 Å². The van der Waals surface area contributed by atoms with Gasteiger partial charge in [-0.2, -0.15) is 0 Å². The molecule has 2 saturated carbocycles. The van der Waals surface area contributed by atoms with Gasteiger partial charge in [0.15, 0.2) is 0 Å². The highest BCUT2D eigenvalue weighted by molar-refractivity contribution is 5.00. The van der Waals surface area contributed by atoms with Gasteiger partial charge in [0.2, 0.25) is 0 Å². The Kier molecular flexibility index (Phi) is 3.12. The monoisotopic (exact) mass is 209 g/mol. The van der Waals surface area contributed by atoms with Crippen LogP contribution in [0, 0.1) is 16.7 Å². The summed E-state index contributed by atoms with van der Waals surface area (Å²) in [6, 6.07) is 0. The summed E-state index contributed by atoms with van der Waals surface area (Å²) in [5, 5.41) is 3.36. The van der Waals surface area contributed by atoms with Crippen LogP contribution in [0.15, 0.2) is 0 Å². The van der Waals surface area contributed by atoms with Crippen LogP contribution in [-0.4, -0.2) is 13.6 Å². The fourth-order valence-corrected chi connectivity index (χ4v) is 4.13. The van der Waals surface area contributed by atoms with Crippen LogP contribution >= 0.6 is 0 Å². The summed E-state index contributed by atoms with van der Waals surface area (Å²) in [6.45, 7) is 6.35. The molecule has 0 bridgehead atoms. The third-order valence-corrected chi connectivity index (χ3v) is 5.50. The first kappa shape index (κ1) is 11.4. The Labute approximate surface area is 95.0 Å². The number of hydrogen-bond acceptors (Lipinski definition) is 1. The van der Waals surface area contributed by atoms with Gasteiger partial charge in [-0.15, -0.1) is 0 Å². The summed E-state index contributed by atoms with van der Waals surface area (Å²) >= 11 is 0. The quantitative estimate of drug-likeness (QED) is 0.733. The molecule has 2 rings (SSSR count). The summed E-state index contributed by atoms with van der Waals surface area (Å²) in [5.74, 6) is 0.936. The van der Waals surface area contributed by atoms with Crippen molar-refractivity contribution in [3.05, 3.63) is 0 Å². The Morgan fingerprint density at radius 2 is 1.73 bits per heavy atom. The third-order valence-electron chi connectivity index (χ3n) is 5.50. The van der Waals surface area contributed by atoms with Crippen LogP contribution in [0.2, 0.25) is 0 Å². The molecule has 0 radical (unpaired) electrons. The molecule has 3 unspecified atom stereocenters. The second-order valence-electron chi connectivity index (χ2n) is 6.49. The Hall–Kier alpha value is -0.0400. The lowest BCUT2D eigenvalue weighted by molar-refractivity contribution is -0.0475. The van der Waals surface area contributed by atoms with Crippen LogP contribution in [0.4, 0.5) is 0 Å². The van der Waals surface area contributed by atoms with Crippen molar-refractivity contribution >= 4 is 0 Å². The van der Waals surface area contributed by atoms with Gasteiger partial charge in [0.05, 0.1) is 0 Å². The molecule has 1 N–H and O–H groups in total. The van der Waals surface area contributed by atoms with Gasteiger partial charge >= 0.3 is 0 Å². The summed E-state index contributed by atoms with van der Waals surface area (Å²) in [6.07, 6.45) is 10.3. The van der Waals surface area contributed by atoms with Crippen molar-refractivity contribution in [2.75, 3.05) is 13.6 Å². The Balaban J connectivity index is 2.08. The van der Waals surface area contributed by atoms with Crippen molar-refractivity contribution < 1.29 is 0 Å². The van der Waals surface area contributed by atoms with Gasteiger partial charge < -0.3 is 5.32 Å². The van der Waals surface area contributed by atoms with Crippen molar-refractivity contribution in [2.24, 2.45) is 16.7 Å². The molecular formula is C14H27N. The predicted octanol–water partition coefficient (Wildman–Crippen LogP) is 3.59. The molecule has 88 valence electrons. The first-order valence-corrected chi connectivity index (χ1v) is 6.74. The maximum absolute atomic E-state index is 3.36. The molecule has 3 atom stereocenters. The molecule has 0 saturated heterocycles. The SMILES string of the molecule is CNCC1CCC2(C)CCCCC2(C)C1. The molecule has 1 heteroatoms. The first-order valence-electron chi connectivity index (χ1n) is 6.74. The second-order valence-corrected chi connectivity index (χ2v) is 6.49. The molecule has 0 aliphatic heterocycles. The fraction of sp³-hybridized carbons (Fsp3) is 1.00. The van der Waals surface area contributed by atoms with Crippen LogP contribution in [0.25, 0.3) is 0 Å². The predicted molar refractivity (Wildman–Crippen MR) is 65.9 cm³/mol. The molecule has 0 aromatic heterocycles. The molecule has 0 spiro atoms. The largest absolute Gasteiger partial charge is 0.319 e. The maximum atomic E-state index is 3.36. The number of nitrogens with one attached hydrogen (secondary N) is 1. The Morgan fingerprint density at radius 3 is 2.40 bits per heavy atom. The van der Waals surface area contributed by atoms with E-state index in [1.165, 1.54) is 51.5 Å². The topological polar surface area (TPSA) is 12.0 Å². The molecule has 2 aliphatic carbocycles. The first-order chi connectivity index (χ1) is 7.10. The zero-order chi connectivity index (χ0) is 10.9. The lowest BCUT2D eigenvalue weighted by atomic mass is 9.50. The van der Waals surface area contributed by atoms with Crippen LogP contribution in [0.1, 0.15) is 58.8 Å². The van der Waals surface area contributed by atoms with E-state index >= 15 is 0 Å². The molecule has 0 aromatic rings. The fourth-order valence-electron chi connectivity index (χ4n) is 4.13. The van der Waals surface area contributed by atoms with E-state index in [0.29, 0.717) is 10.8 Å². The smallest absolute Gasteiger partial charge is 0.00233 e. The Bertz CT molecular complexity index is 225. The van der Waals surface area contributed by atoms with Crippen molar-refractivity contribution in [3.63, 3.8) is 0 Å². The number of hydrogen-bond donors (Lipinski definition) is 1. The van der Waals surface area contributed by atoms with Gasteiger partial charge in [0.1, 0.15) is 0 Å². The molecular weight excluding hydrogens is 182 g/mol. The van der Waals surface area contributed by atoms with E-state index in [9.17, 15) is 0 Å². The van der Waals surface area contributed by atoms with E-state index in [4.69, 9.17) is 0 Å². The van der Waals surface area contributed by atoms with Gasteiger partial charge in [-0.25, -0.2) is 0 Å². The minimum absolute atomic E-state index is 0.644. The molecule has 0 amide bonds. The van der Waals surface area contributed by atoms with E-state index in [0.717, 1.165) is 5.92 Å². The van der Waals surface area contributed by atoms with E-state index in [1.54, 1.807) is 0 Å². The van der Waals surface area contributed by atoms with Gasteiger partial charge in [0.25, 0.3) is 0 Å². The van der Waals surface area contributed by atoms with Crippen LogP contribution < -0.4 is 5.32 Å². The summed E-state index contributed by atoms with van der Waals surface area (Å²) in [4.78, 5) is 0. The van der Waals surface area contributed by atoms with Gasteiger partial charge in [-0.3, -0.25) is 0 Å². The van der Waals surface area contributed by atoms with E-state index in [1.807, 2.05) is 0 Å². The van der Waals surface area contributed by atoms with Crippen molar-refractivity contribution in [1.29, 1.82) is 0 Å². The van der Waals surface area contributed by atoms with E-state index < -0.39 is 0 Å². The average Bonchev–Trinajstić information content (AvgIpc) is 2.20.